The van der Waals surface area contributed by atoms with Crippen molar-refractivity contribution >= 4 is 10.9 Å². The number of rotatable bonds is 6. The van der Waals surface area contributed by atoms with Crippen LogP contribution in [0.25, 0.3) is 22.2 Å². The van der Waals surface area contributed by atoms with Crippen molar-refractivity contribution in [2.24, 2.45) is 0 Å². The number of nitrogens with zero attached hydrogens (tertiary/aromatic N) is 1. The molecule has 0 spiro atoms. The van der Waals surface area contributed by atoms with Crippen molar-refractivity contribution in [3.05, 3.63) is 84.3 Å². The van der Waals surface area contributed by atoms with Gasteiger partial charge in [-0.05, 0) is 17.7 Å². The normalized spacial score (nSPS) is 12.1. The van der Waals surface area contributed by atoms with E-state index in [-0.39, 0.29) is 0 Å². The Balaban J connectivity index is 1.78. The summed E-state index contributed by atoms with van der Waals surface area (Å²) in [7, 11) is 0. The minimum absolute atomic E-state index is 0.327. The van der Waals surface area contributed by atoms with Crippen LogP contribution in [-0.4, -0.2) is 9.67 Å². The Kier molecular flexibility index (Phi) is 4.80. The van der Waals surface area contributed by atoms with Crippen molar-refractivity contribution in [2.45, 2.75) is 19.4 Å². The molecule has 0 fully saturated rings. The van der Waals surface area contributed by atoms with Crippen LogP contribution in [0.4, 0.5) is 0 Å². The smallest absolute Gasteiger partial charge is 0.142 e. The van der Waals surface area contributed by atoms with E-state index >= 15 is 0 Å². The minimum atomic E-state index is -1.02. The van der Waals surface area contributed by atoms with Crippen molar-refractivity contribution in [1.29, 1.82) is 0 Å². The predicted molar refractivity (Wildman–Crippen MR) is 105 cm³/mol. The molecule has 4 nitrogen and oxygen atoms in total. The molecule has 0 aliphatic heterocycles. The fourth-order valence-corrected chi connectivity index (χ4v) is 3.36. The summed E-state index contributed by atoms with van der Waals surface area (Å²) in [6.07, 6.45) is 7.77. The number of para-hydroxylation sites is 1. The number of fused-ring (bicyclic) bond motifs is 1. The summed E-state index contributed by atoms with van der Waals surface area (Å²) in [4.78, 5) is 0. The van der Waals surface area contributed by atoms with Crippen molar-refractivity contribution in [1.82, 2.24) is 4.57 Å². The summed E-state index contributed by atoms with van der Waals surface area (Å²) in [6.45, 7) is 0.818. The van der Waals surface area contributed by atoms with E-state index in [1.165, 1.54) is 0 Å². The quantitative estimate of drug-likeness (QED) is 0.507. The Morgan fingerprint density at radius 2 is 1.85 bits per heavy atom. The summed E-state index contributed by atoms with van der Waals surface area (Å²) in [6, 6.07) is 19.7. The largest absolute Gasteiger partial charge is 0.472 e. The van der Waals surface area contributed by atoms with Gasteiger partial charge in [-0.3, -0.25) is 0 Å². The lowest BCUT2D eigenvalue weighted by Gasteiger charge is -2.13. The fraction of sp³-hybridized carbons (Fsp3) is 0.130. The van der Waals surface area contributed by atoms with E-state index in [1.807, 2.05) is 65.2 Å². The molecule has 1 N–H and O–H groups in total. The number of aromatic nitrogens is 1. The average molecular weight is 357 g/mol. The maximum Gasteiger partial charge on any atom is 0.142 e. The maximum absolute atomic E-state index is 10.5. The van der Waals surface area contributed by atoms with Crippen LogP contribution in [0, 0.1) is 12.3 Å². The summed E-state index contributed by atoms with van der Waals surface area (Å²) in [5.41, 5.74) is 4.40. The molecule has 2 aromatic heterocycles. The van der Waals surface area contributed by atoms with Gasteiger partial charge in [0.25, 0.3) is 0 Å². The zero-order valence-corrected chi connectivity index (χ0v) is 14.7. The van der Waals surface area contributed by atoms with Gasteiger partial charge < -0.3 is 18.8 Å². The number of benzene rings is 2. The molecule has 2 heterocycles. The summed E-state index contributed by atoms with van der Waals surface area (Å²) >= 11 is 0. The van der Waals surface area contributed by atoms with E-state index in [0.717, 1.165) is 27.7 Å². The van der Waals surface area contributed by atoms with Crippen LogP contribution in [0.2, 0.25) is 0 Å². The van der Waals surface area contributed by atoms with E-state index < -0.39 is 6.10 Å². The standard InChI is InChI=1S/C23H19NO3/c1-2-21(25)22-19-10-6-7-11-20(19)24(23(22)18-12-13-26-15-18)16-27-14-17-8-4-3-5-9-17/h1,3-13,15,21,25H,14,16H2. The molecule has 4 aromatic rings. The zero-order chi connectivity index (χ0) is 18.6. The van der Waals surface area contributed by atoms with Crippen LogP contribution in [0.15, 0.2) is 77.6 Å². The number of terminal acetylenes is 1. The van der Waals surface area contributed by atoms with Gasteiger partial charge in [-0.2, -0.15) is 0 Å². The lowest BCUT2D eigenvalue weighted by Crippen LogP contribution is -2.05. The van der Waals surface area contributed by atoms with E-state index in [0.29, 0.717) is 18.9 Å². The monoisotopic (exact) mass is 357 g/mol. The van der Waals surface area contributed by atoms with Crippen LogP contribution < -0.4 is 0 Å². The minimum Gasteiger partial charge on any atom is -0.472 e. The topological polar surface area (TPSA) is 47.5 Å². The Morgan fingerprint density at radius 1 is 1.07 bits per heavy atom. The first-order valence-electron chi connectivity index (χ1n) is 8.69. The first kappa shape index (κ1) is 17.2. The first-order valence-corrected chi connectivity index (χ1v) is 8.69. The van der Waals surface area contributed by atoms with Gasteiger partial charge in [0, 0.05) is 16.5 Å². The molecule has 0 amide bonds. The Morgan fingerprint density at radius 3 is 2.59 bits per heavy atom. The lowest BCUT2D eigenvalue weighted by atomic mass is 10.0. The third-order valence-corrected chi connectivity index (χ3v) is 4.57. The van der Waals surface area contributed by atoms with Crippen LogP contribution in [0.3, 0.4) is 0 Å². The van der Waals surface area contributed by atoms with Crippen LogP contribution in [-0.2, 0) is 18.1 Å². The molecule has 0 aliphatic carbocycles. The van der Waals surface area contributed by atoms with Gasteiger partial charge in [-0.25, -0.2) is 0 Å². The van der Waals surface area contributed by atoms with Gasteiger partial charge in [0.2, 0.25) is 0 Å². The summed E-state index contributed by atoms with van der Waals surface area (Å²) in [5.74, 6) is 2.44. The highest BCUT2D eigenvalue weighted by Gasteiger charge is 2.23. The molecule has 0 aliphatic rings. The lowest BCUT2D eigenvalue weighted by molar-refractivity contribution is 0.0675. The molecule has 1 atom stereocenters. The molecule has 0 saturated heterocycles. The van der Waals surface area contributed by atoms with Crippen molar-refractivity contribution in [2.75, 3.05) is 0 Å². The molecule has 4 rings (SSSR count). The first-order chi connectivity index (χ1) is 13.3. The number of hydrogen-bond donors (Lipinski definition) is 1. The van der Waals surface area contributed by atoms with Crippen molar-refractivity contribution < 1.29 is 14.3 Å². The van der Waals surface area contributed by atoms with Crippen molar-refractivity contribution in [3.8, 4) is 23.6 Å². The SMILES string of the molecule is C#CC(O)c1c(-c2ccoc2)n(COCc2ccccc2)c2ccccc12. The third kappa shape index (κ3) is 3.26. The van der Waals surface area contributed by atoms with Gasteiger partial charge in [-0.15, -0.1) is 6.42 Å². The van der Waals surface area contributed by atoms with Gasteiger partial charge in [0.1, 0.15) is 12.8 Å². The molecule has 134 valence electrons. The number of furan rings is 1. The number of ether oxygens (including phenoxy) is 1. The Hall–Kier alpha value is -3.26. The third-order valence-electron chi connectivity index (χ3n) is 4.57. The highest BCUT2D eigenvalue weighted by Crippen LogP contribution is 2.37. The molecule has 2 aromatic carbocycles. The summed E-state index contributed by atoms with van der Waals surface area (Å²) < 4.78 is 13.3. The van der Waals surface area contributed by atoms with E-state index in [9.17, 15) is 5.11 Å². The molecule has 0 saturated carbocycles. The second kappa shape index (κ2) is 7.55. The van der Waals surface area contributed by atoms with Gasteiger partial charge >= 0.3 is 0 Å². The highest BCUT2D eigenvalue weighted by molar-refractivity contribution is 5.92. The van der Waals surface area contributed by atoms with Crippen LogP contribution in [0.5, 0.6) is 0 Å². The molecule has 27 heavy (non-hydrogen) atoms. The highest BCUT2D eigenvalue weighted by atomic mass is 16.5. The van der Waals surface area contributed by atoms with Crippen LogP contribution in [0.1, 0.15) is 17.2 Å². The number of aliphatic hydroxyl groups is 1. The zero-order valence-electron chi connectivity index (χ0n) is 14.7. The number of hydrogen-bond acceptors (Lipinski definition) is 3. The Bertz CT molecular complexity index is 1070. The second-order valence-electron chi connectivity index (χ2n) is 6.25. The van der Waals surface area contributed by atoms with Gasteiger partial charge in [0.05, 0.1) is 30.3 Å². The molecular formula is C23H19NO3. The summed E-state index contributed by atoms with van der Waals surface area (Å²) in [5, 5.41) is 11.4. The van der Waals surface area contributed by atoms with E-state index in [2.05, 4.69) is 5.92 Å². The Labute approximate surface area is 157 Å². The molecule has 0 radical (unpaired) electrons. The van der Waals surface area contributed by atoms with Crippen LogP contribution >= 0.6 is 0 Å². The average Bonchev–Trinajstić information content (AvgIpc) is 3.34. The molecular weight excluding hydrogens is 338 g/mol. The molecule has 4 heteroatoms. The van der Waals surface area contributed by atoms with E-state index in [1.54, 1.807) is 12.5 Å². The number of aliphatic hydroxyl groups excluding tert-OH is 1. The van der Waals surface area contributed by atoms with Gasteiger partial charge in [0.15, 0.2) is 0 Å². The molecule has 1 unspecified atom stereocenters. The fourth-order valence-electron chi connectivity index (χ4n) is 3.36. The maximum atomic E-state index is 10.5. The van der Waals surface area contributed by atoms with Crippen molar-refractivity contribution in [3.63, 3.8) is 0 Å². The molecule has 0 bridgehead atoms. The van der Waals surface area contributed by atoms with Gasteiger partial charge in [-0.1, -0.05) is 54.5 Å². The predicted octanol–water partition coefficient (Wildman–Crippen LogP) is 4.74. The second-order valence-corrected chi connectivity index (χ2v) is 6.25. The van der Waals surface area contributed by atoms with E-state index in [4.69, 9.17) is 15.6 Å².